The summed E-state index contributed by atoms with van der Waals surface area (Å²) in [5, 5.41) is 3.39. The minimum Gasteiger partial charge on any atom is -0.468 e. The first-order valence-corrected chi connectivity index (χ1v) is 5.49. The van der Waals surface area contributed by atoms with Gasteiger partial charge in [-0.3, -0.25) is 4.79 Å². The maximum Gasteiger partial charge on any atom is 0.323 e. The minimum absolute atomic E-state index is 0.133. The molecule has 0 aliphatic heterocycles. The van der Waals surface area contributed by atoms with E-state index in [2.05, 4.69) is 5.32 Å². The molecular weight excluding hydrogens is 178 g/mol. The summed E-state index contributed by atoms with van der Waals surface area (Å²) in [6.45, 7) is 4.09. The highest BCUT2D eigenvalue weighted by molar-refractivity contribution is 5.75. The number of nitrogens with one attached hydrogen (secondary N) is 1. The number of rotatable bonds is 4. The molecule has 0 heterocycles. The lowest BCUT2D eigenvalue weighted by molar-refractivity contribution is -0.144. The van der Waals surface area contributed by atoms with E-state index in [1.165, 1.54) is 32.8 Å². The Morgan fingerprint density at radius 3 is 2.36 bits per heavy atom. The monoisotopic (exact) mass is 199 g/mol. The first-order chi connectivity index (χ1) is 6.65. The molecule has 14 heavy (non-hydrogen) atoms. The molecule has 1 rings (SSSR count). The summed E-state index contributed by atoms with van der Waals surface area (Å²) >= 11 is 0. The summed E-state index contributed by atoms with van der Waals surface area (Å²) in [5.74, 6) is 0.162. The van der Waals surface area contributed by atoms with Gasteiger partial charge in [-0.25, -0.2) is 0 Å². The number of hydrogen-bond acceptors (Lipinski definition) is 3. The second kappa shape index (κ2) is 5.35. The fraction of sp³-hybridized carbons (Fsp3) is 0.909. The van der Waals surface area contributed by atoms with Crippen molar-refractivity contribution in [3.8, 4) is 0 Å². The fourth-order valence-corrected chi connectivity index (χ4v) is 2.01. The zero-order valence-corrected chi connectivity index (χ0v) is 9.38. The Balaban J connectivity index is 2.45. The van der Waals surface area contributed by atoms with Crippen LogP contribution < -0.4 is 5.32 Å². The topological polar surface area (TPSA) is 38.3 Å². The lowest BCUT2D eigenvalue weighted by Gasteiger charge is -2.23. The average molecular weight is 199 g/mol. The third-order valence-electron chi connectivity index (χ3n) is 2.89. The summed E-state index contributed by atoms with van der Waals surface area (Å²) in [6, 6.07) is 0.379. The van der Waals surface area contributed by atoms with E-state index in [0.29, 0.717) is 12.0 Å². The average Bonchev–Trinajstić information content (AvgIpc) is 2.65. The number of carbonyl (C=O) groups is 1. The maximum atomic E-state index is 11.5. The number of esters is 1. The van der Waals surface area contributed by atoms with Crippen molar-refractivity contribution in [2.24, 2.45) is 5.92 Å². The Bertz CT molecular complexity index is 186. The van der Waals surface area contributed by atoms with Gasteiger partial charge in [-0.15, -0.1) is 0 Å². The molecule has 0 bridgehead atoms. The van der Waals surface area contributed by atoms with Gasteiger partial charge < -0.3 is 10.1 Å². The van der Waals surface area contributed by atoms with Gasteiger partial charge >= 0.3 is 5.97 Å². The van der Waals surface area contributed by atoms with Crippen molar-refractivity contribution < 1.29 is 9.53 Å². The predicted octanol–water partition coefficient (Wildman–Crippen LogP) is 1.72. The normalized spacial score (nSPS) is 20.0. The quantitative estimate of drug-likeness (QED) is 0.701. The van der Waals surface area contributed by atoms with E-state index in [9.17, 15) is 4.79 Å². The molecule has 1 saturated carbocycles. The number of carbonyl (C=O) groups excluding carboxylic acids is 1. The molecule has 1 atom stereocenters. The number of ether oxygens (including phenoxy) is 1. The van der Waals surface area contributed by atoms with Crippen LogP contribution >= 0.6 is 0 Å². The molecule has 1 aliphatic carbocycles. The highest BCUT2D eigenvalue weighted by Gasteiger charge is 2.26. The van der Waals surface area contributed by atoms with Crippen LogP contribution in [0, 0.1) is 5.92 Å². The van der Waals surface area contributed by atoms with Crippen molar-refractivity contribution in [1.82, 2.24) is 5.32 Å². The van der Waals surface area contributed by atoms with Gasteiger partial charge in [0.15, 0.2) is 0 Å². The first kappa shape index (κ1) is 11.5. The number of methoxy groups -OCH3 is 1. The van der Waals surface area contributed by atoms with Gasteiger partial charge in [-0.1, -0.05) is 26.7 Å². The van der Waals surface area contributed by atoms with E-state index < -0.39 is 0 Å². The lowest BCUT2D eigenvalue weighted by atomic mass is 10.0. The summed E-state index contributed by atoms with van der Waals surface area (Å²) in [7, 11) is 1.45. The van der Waals surface area contributed by atoms with Crippen LogP contribution in [0.4, 0.5) is 0 Å². The molecule has 0 aromatic heterocycles. The van der Waals surface area contributed by atoms with E-state index in [4.69, 9.17) is 4.74 Å². The summed E-state index contributed by atoms with van der Waals surface area (Å²) in [6.07, 6.45) is 4.95. The second-order valence-corrected chi connectivity index (χ2v) is 4.39. The molecule has 0 aromatic carbocycles. The Labute approximate surface area is 86.2 Å². The highest BCUT2D eigenvalue weighted by atomic mass is 16.5. The standard InChI is InChI=1S/C11H21NO2/c1-8(2)10(11(13)14-3)12-9-6-4-5-7-9/h8-10,12H,4-7H2,1-3H3/t10-/m0/s1. The third kappa shape index (κ3) is 2.98. The number of hydrogen-bond donors (Lipinski definition) is 1. The highest BCUT2D eigenvalue weighted by Crippen LogP contribution is 2.19. The van der Waals surface area contributed by atoms with Gasteiger partial charge in [-0.05, 0) is 18.8 Å². The maximum absolute atomic E-state index is 11.5. The van der Waals surface area contributed by atoms with E-state index in [0.717, 1.165) is 0 Å². The van der Waals surface area contributed by atoms with Crippen molar-refractivity contribution in [3.63, 3.8) is 0 Å². The molecule has 1 aliphatic rings. The van der Waals surface area contributed by atoms with Gasteiger partial charge in [0.1, 0.15) is 6.04 Å². The van der Waals surface area contributed by atoms with Crippen molar-refractivity contribution in [2.75, 3.05) is 7.11 Å². The SMILES string of the molecule is COC(=O)[C@@H](NC1CCCC1)C(C)C. The van der Waals surface area contributed by atoms with Gasteiger partial charge in [0.25, 0.3) is 0 Å². The molecule has 0 spiro atoms. The molecule has 1 N–H and O–H groups in total. The molecule has 82 valence electrons. The van der Waals surface area contributed by atoms with Crippen LogP contribution in [-0.2, 0) is 9.53 Å². The van der Waals surface area contributed by atoms with Gasteiger partial charge in [0, 0.05) is 6.04 Å². The zero-order chi connectivity index (χ0) is 10.6. The minimum atomic E-state index is -0.136. The summed E-state index contributed by atoms with van der Waals surface area (Å²) in [5.41, 5.74) is 0. The van der Waals surface area contributed by atoms with Crippen LogP contribution in [0.3, 0.4) is 0 Å². The van der Waals surface area contributed by atoms with Crippen LogP contribution in [-0.4, -0.2) is 25.2 Å². The lowest BCUT2D eigenvalue weighted by Crippen LogP contribution is -2.46. The first-order valence-electron chi connectivity index (χ1n) is 5.49. The Morgan fingerprint density at radius 2 is 1.93 bits per heavy atom. The van der Waals surface area contributed by atoms with Crippen molar-refractivity contribution in [2.45, 2.75) is 51.6 Å². The Morgan fingerprint density at radius 1 is 1.36 bits per heavy atom. The second-order valence-electron chi connectivity index (χ2n) is 4.39. The van der Waals surface area contributed by atoms with Crippen LogP contribution in [0.1, 0.15) is 39.5 Å². The van der Waals surface area contributed by atoms with Crippen LogP contribution in [0.25, 0.3) is 0 Å². The van der Waals surface area contributed by atoms with E-state index in [-0.39, 0.29) is 12.0 Å². The summed E-state index contributed by atoms with van der Waals surface area (Å²) < 4.78 is 4.78. The molecule has 3 heteroatoms. The Hall–Kier alpha value is -0.570. The molecule has 0 aromatic rings. The van der Waals surface area contributed by atoms with Gasteiger partial charge in [-0.2, -0.15) is 0 Å². The van der Waals surface area contributed by atoms with Crippen molar-refractivity contribution >= 4 is 5.97 Å². The van der Waals surface area contributed by atoms with Crippen molar-refractivity contribution in [1.29, 1.82) is 0 Å². The molecule has 0 saturated heterocycles. The zero-order valence-electron chi connectivity index (χ0n) is 9.38. The van der Waals surface area contributed by atoms with Gasteiger partial charge in [0.2, 0.25) is 0 Å². The van der Waals surface area contributed by atoms with Crippen LogP contribution in [0.5, 0.6) is 0 Å². The molecular formula is C11H21NO2. The largest absolute Gasteiger partial charge is 0.468 e. The molecule has 3 nitrogen and oxygen atoms in total. The summed E-state index contributed by atoms with van der Waals surface area (Å²) in [4.78, 5) is 11.5. The molecule has 1 fully saturated rings. The third-order valence-corrected chi connectivity index (χ3v) is 2.89. The van der Waals surface area contributed by atoms with Crippen LogP contribution in [0.2, 0.25) is 0 Å². The predicted molar refractivity (Wildman–Crippen MR) is 56.0 cm³/mol. The fourth-order valence-electron chi connectivity index (χ4n) is 2.01. The van der Waals surface area contributed by atoms with Crippen LogP contribution in [0.15, 0.2) is 0 Å². The Kier molecular flexibility index (Phi) is 4.39. The van der Waals surface area contributed by atoms with E-state index in [1.807, 2.05) is 13.8 Å². The van der Waals surface area contributed by atoms with E-state index >= 15 is 0 Å². The van der Waals surface area contributed by atoms with Gasteiger partial charge in [0.05, 0.1) is 7.11 Å². The van der Waals surface area contributed by atoms with E-state index in [1.54, 1.807) is 0 Å². The molecule has 0 unspecified atom stereocenters. The molecule has 0 amide bonds. The van der Waals surface area contributed by atoms with Crippen molar-refractivity contribution in [3.05, 3.63) is 0 Å². The molecule has 0 radical (unpaired) electrons. The smallest absolute Gasteiger partial charge is 0.323 e.